The van der Waals surface area contributed by atoms with E-state index in [4.69, 9.17) is 9.72 Å². The molecule has 3 aromatic rings. The summed E-state index contributed by atoms with van der Waals surface area (Å²) < 4.78 is 5.45. The predicted molar refractivity (Wildman–Crippen MR) is 118 cm³/mol. The number of piperidine rings is 1. The van der Waals surface area contributed by atoms with Crippen LogP contribution in [0.25, 0.3) is 10.8 Å². The second kappa shape index (κ2) is 8.25. The molecule has 29 heavy (non-hydrogen) atoms. The first-order valence-electron chi connectivity index (χ1n) is 10.5. The van der Waals surface area contributed by atoms with E-state index >= 15 is 0 Å². The normalized spacial score (nSPS) is 20.1. The molecule has 1 atom stereocenters. The highest BCUT2D eigenvalue weighted by atomic mass is 16.5. The summed E-state index contributed by atoms with van der Waals surface area (Å²) >= 11 is 0. The van der Waals surface area contributed by atoms with Crippen molar-refractivity contribution in [2.24, 2.45) is 0 Å². The quantitative estimate of drug-likeness (QED) is 0.737. The first kappa shape index (κ1) is 18.2. The molecule has 5 rings (SSSR count). The lowest BCUT2D eigenvalue weighted by Crippen LogP contribution is -2.42. The van der Waals surface area contributed by atoms with E-state index in [1.54, 1.807) is 0 Å². The molecule has 1 aromatic heterocycles. The molecule has 0 amide bonds. The fourth-order valence-corrected chi connectivity index (χ4v) is 4.37. The van der Waals surface area contributed by atoms with Crippen molar-refractivity contribution in [1.29, 1.82) is 0 Å². The Morgan fingerprint density at radius 1 is 0.931 bits per heavy atom. The van der Waals surface area contributed by atoms with E-state index in [1.807, 2.05) is 12.3 Å². The summed E-state index contributed by atoms with van der Waals surface area (Å²) in [5.74, 6) is 1.70. The minimum atomic E-state index is 0.336. The zero-order chi connectivity index (χ0) is 19.5. The molecule has 6 nitrogen and oxygen atoms in total. The summed E-state index contributed by atoms with van der Waals surface area (Å²) in [5, 5.41) is 6.20. The lowest BCUT2D eigenvalue weighted by Gasteiger charge is -2.35. The third-order valence-electron chi connectivity index (χ3n) is 5.84. The van der Waals surface area contributed by atoms with Gasteiger partial charge in [-0.2, -0.15) is 4.98 Å². The Morgan fingerprint density at radius 3 is 2.72 bits per heavy atom. The molecule has 6 heteroatoms. The molecule has 0 spiro atoms. The molecule has 2 fully saturated rings. The van der Waals surface area contributed by atoms with Crippen molar-refractivity contribution in [3.63, 3.8) is 0 Å². The first-order valence-corrected chi connectivity index (χ1v) is 10.5. The van der Waals surface area contributed by atoms with Crippen molar-refractivity contribution in [2.75, 3.05) is 54.5 Å². The van der Waals surface area contributed by atoms with E-state index in [0.29, 0.717) is 6.04 Å². The van der Waals surface area contributed by atoms with Crippen LogP contribution in [0.3, 0.4) is 0 Å². The number of nitrogens with zero attached hydrogens (tertiary/aromatic N) is 4. The second-order valence-electron chi connectivity index (χ2n) is 7.77. The van der Waals surface area contributed by atoms with Gasteiger partial charge in [0.2, 0.25) is 5.95 Å². The minimum absolute atomic E-state index is 0.336. The molecule has 2 aliphatic rings. The zero-order valence-corrected chi connectivity index (χ0v) is 16.6. The van der Waals surface area contributed by atoms with Gasteiger partial charge in [0.1, 0.15) is 5.82 Å². The number of ether oxygens (including phenoxy) is 1. The molecule has 0 aliphatic carbocycles. The molecule has 2 saturated heterocycles. The highest BCUT2D eigenvalue weighted by Crippen LogP contribution is 2.29. The third-order valence-corrected chi connectivity index (χ3v) is 5.84. The Kier molecular flexibility index (Phi) is 5.17. The number of anilines is 3. The van der Waals surface area contributed by atoms with Gasteiger partial charge in [0.25, 0.3) is 0 Å². The number of nitrogens with one attached hydrogen (secondary N) is 1. The molecule has 0 radical (unpaired) electrons. The summed E-state index contributed by atoms with van der Waals surface area (Å²) in [4.78, 5) is 14.0. The van der Waals surface area contributed by atoms with Gasteiger partial charge in [-0.3, -0.25) is 0 Å². The maximum Gasteiger partial charge on any atom is 0.224 e. The fourth-order valence-electron chi connectivity index (χ4n) is 4.37. The van der Waals surface area contributed by atoms with E-state index < -0.39 is 0 Å². The van der Waals surface area contributed by atoms with Gasteiger partial charge in [0, 0.05) is 49.5 Å². The van der Waals surface area contributed by atoms with Crippen molar-refractivity contribution in [1.82, 2.24) is 9.97 Å². The second-order valence-corrected chi connectivity index (χ2v) is 7.77. The van der Waals surface area contributed by atoms with Crippen LogP contribution in [0.1, 0.15) is 12.8 Å². The highest BCUT2D eigenvalue weighted by molar-refractivity contribution is 5.94. The molecule has 3 heterocycles. The minimum Gasteiger partial charge on any atom is -0.378 e. The van der Waals surface area contributed by atoms with Crippen LogP contribution in [0.2, 0.25) is 0 Å². The summed E-state index contributed by atoms with van der Waals surface area (Å²) in [6.45, 7) is 5.33. The Morgan fingerprint density at radius 2 is 1.79 bits per heavy atom. The van der Waals surface area contributed by atoms with Crippen LogP contribution in [0.15, 0.2) is 54.7 Å². The summed E-state index contributed by atoms with van der Waals surface area (Å²) in [5.41, 5.74) is 1.32. The molecule has 0 unspecified atom stereocenters. The van der Waals surface area contributed by atoms with E-state index in [2.05, 4.69) is 62.6 Å². The van der Waals surface area contributed by atoms with Gasteiger partial charge >= 0.3 is 0 Å². The van der Waals surface area contributed by atoms with Gasteiger partial charge in [-0.1, -0.05) is 36.4 Å². The van der Waals surface area contributed by atoms with Crippen molar-refractivity contribution in [3.05, 3.63) is 54.7 Å². The average Bonchev–Trinajstić information content (AvgIpc) is 2.80. The standard InChI is InChI=1S/C23H27N5O/c1-2-8-20-18(5-1)6-3-9-21(20)28-12-4-7-19(17-28)25-23-24-11-10-22(26-23)27-13-15-29-16-14-27/h1-3,5-6,8-11,19H,4,7,12-17H2,(H,24,25,26)/t19-/m1/s1. The van der Waals surface area contributed by atoms with Crippen LogP contribution < -0.4 is 15.1 Å². The molecular formula is C23H27N5O. The average molecular weight is 390 g/mol. The van der Waals surface area contributed by atoms with E-state index in [1.165, 1.54) is 16.5 Å². The van der Waals surface area contributed by atoms with Crippen molar-refractivity contribution >= 4 is 28.2 Å². The number of morpholine rings is 1. The van der Waals surface area contributed by atoms with Gasteiger partial charge in [-0.15, -0.1) is 0 Å². The number of benzene rings is 2. The maximum absolute atomic E-state index is 5.45. The number of aromatic nitrogens is 2. The van der Waals surface area contributed by atoms with E-state index in [0.717, 1.165) is 64.0 Å². The fraction of sp³-hybridized carbons (Fsp3) is 0.391. The summed E-state index contributed by atoms with van der Waals surface area (Å²) in [7, 11) is 0. The number of hydrogen-bond donors (Lipinski definition) is 1. The SMILES string of the molecule is c1ccc2c(N3CCC[C@@H](Nc4nccc(N5CCOCC5)n4)C3)cccc2c1. The van der Waals surface area contributed by atoms with Crippen LogP contribution in [0.4, 0.5) is 17.5 Å². The Hall–Kier alpha value is -2.86. The van der Waals surface area contributed by atoms with Gasteiger partial charge in [-0.25, -0.2) is 4.98 Å². The van der Waals surface area contributed by atoms with E-state index in [-0.39, 0.29) is 0 Å². The highest BCUT2D eigenvalue weighted by Gasteiger charge is 2.22. The van der Waals surface area contributed by atoms with Crippen molar-refractivity contribution in [3.8, 4) is 0 Å². The number of hydrogen-bond acceptors (Lipinski definition) is 6. The van der Waals surface area contributed by atoms with Crippen LogP contribution in [0.5, 0.6) is 0 Å². The molecule has 150 valence electrons. The lowest BCUT2D eigenvalue weighted by atomic mass is 10.0. The summed E-state index contributed by atoms with van der Waals surface area (Å²) in [6.07, 6.45) is 4.14. The summed E-state index contributed by atoms with van der Waals surface area (Å²) in [6, 6.07) is 17.5. The van der Waals surface area contributed by atoms with Gasteiger partial charge in [0.15, 0.2) is 0 Å². The zero-order valence-electron chi connectivity index (χ0n) is 16.6. The maximum atomic E-state index is 5.45. The molecular weight excluding hydrogens is 362 g/mol. The van der Waals surface area contributed by atoms with Crippen molar-refractivity contribution < 1.29 is 4.74 Å². The molecule has 2 aromatic carbocycles. The number of rotatable bonds is 4. The Bertz CT molecular complexity index is 967. The van der Waals surface area contributed by atoms with Crippen LogP contribution in [-0.4, -0.2) is 55.4 Å². The van der Waals surface area contributed by atoms with Crippen LogP contribution >= 0.6 is 0 Å². The molecule has 0 bridgehead atoms. The van der Waals surface area contributed by atoms with Crippen LogP contribution in [-0.2, 0) is 4.74 Å². The monoisotopic (exact) mass is 389 g/mol. The van der Waals surface area contributed by atoms with Gasteiger partial charge in [-0.05, 0) is 30.4 Å². The third kappa shape index (κ3) is 3.98. The first-order chi connectivity index (χ1) is 14.4. The smallest absolute Gasteiger partial charge is 0.224 e. The van der Waals surface area contributed by atoms with Gasteiger partial charge in [0.05, 0.1) is 13.2 Å². The largest absolute Gasteiger partial charge is 0.378 e. The molecule has 2 aliphatic heterocycles. The van der Waals surface area contributed by atoms with E-state index in [9.17, 15) is 0 Å². The number of fused-ring (bicyclic) bond motifs is 1. The predicted octanol–water partition coefficient (Wildman–Crippen LogP) is 3.55. The molecule has 0 saturated carbocycles. The van der Waals surface area contributed by atoms with Crippen LogP contribution in [0, 0.1) is 0 Å². The topological polar surface area (TPSA) is 53.5 Å². The Labute approximate surface area is 171 Å². The lowest BCUT2D eigenvalue weighted by molar-refractivity contribution is 0.122. The molecule has 1 N–H and O–H groups in total. The Balaban J connectivity index is 1.31. The van der Waals surface area contributed by atoms with Crippen molar-refractivity contribution in [2.45, 2.75) is 18.9 Å². The van der Waals surface area contributed by atoms with Gasteiger partial charge < -0.3 is 19.9 Å².